The molecule has 0 bridgehead atoms. The summed E-state index contributed by atoms with van der Waals surface area (Å²) in [7, 11) is 0. The first-order valence-corrected chi connectivity index (χ1v) is 16.9. The standard InChI is InChI=1S/C47H31N3/c1-4-14-34(15-5-1)43-30-41(46-40-22-11-10-13-33(40)27-28-42(46)48-43)39-21-12-20-38(29-39)32-23-25-36(26-24-32)45-31-44(35-16-6-2-7-17-35)49-47(50-45)37-18-8-3-9-19-37/h1-31H. The SMILES string of the molecule is c1ccc(-c2cc(-c3ccc(-c4cccc(-c5cc(-c6ccccc6)nc6ccc7ccccc7c56)c4)cc3)nc(-c3ccccc3)n2)cc1. The molecule has 0 spiro atoms. The molecule has 2 heterocycles. The maximum absolute atomic E-state index is 5.14. The highest BCUT2D eigenvalue weighted by Crippen LogP contribution is 2.38. The Hall–Kier alpha value is -6.71. The Labute approximate surface area is 291 Å². The van der Waals surface area contributed by atoms with Crippen molar-refractivity contribution >= 4 is 21.7 Å². The van der Waals surface area contributed by atoms with Crippen LogP contribution in [0.1, 0.15) is 0 Å². The van der Waals surface area contributed by atoms with Crippen LogP contribution in [0.15, 0.2) is 188 Å². The van der Waals surface area contributed by atoms with E-state index in [1.165, 1.54) is 21.7 Å². The predicted molar refractivity (Wildman–Crippen MR) is 207 cm³/mol. The minimum atomic E-state index is 0.714. The van der Waals surface area contributed by atoms with E-state index in [4.69, 9.17) is 15.0 Å². The first kappa shape index (κ1) is 29.4. The lowest BCUT2D eigenvalue weighted by Gasteiger charge is -2.14. The van der Waals surface area contributed by atoms with E-state index < -0.39 is 0 Å². The molecule has 2 aromatic heterocycles. The van der Waals surface area contributed by atoms with Gasteiger partial charge in [0.2, 0.25) is 0 Å². The van der Waals surface area contributed by atoms with Crippen molar-refractivity contribution in [2.45, 2.75) is 0 Å². The molecule has 234 valence electrons. The zero-order valence-corrected chi connectivity index (χ0v) is 27.2. The highest BCUT2D eigenvalue weighted by Gasteiger charge is 2.14. The molecular weight excluding hydrogens is 607 g/mol. The van der Waals surface area contributed by atoms with Crippen LogP contribution in [0.5, 0.6) is 0 Å². The Morgan fingerprint density at radius 3 is 1.50 bits per heavy atom. The molecule has 0 aliphatic heterocycles. The van der Waals surface area contributed by atoms with Gasteiger partial charge >= 0.3 is 0 Å². The summed E-state index contributed by atoms with van der Waals surface area (Å²) in [5, 5.41) is 3.58. The second-order valence-electron chi connectivity index (χ2n) is 12.5. The topological polar surface area (TPSA) is 38.7 Å². The fraction of sp³-hybridized carbons (Fsp3) is 0. The summed E-state index contributed by atoms with van der Waals surface area (Å²) >= 11 is 0. The highest BCUT2D eigenvalue weighted by molar-refractivity contribution is 6.14. The summed E-state index contributed by atoms with van der Waals surface area (Å²) in [5.41, 5.74) is 12.6. The third-order valence-corrected chi connectivity index (χ3v) is 9.28. The van der Waals surface area contributed by atoms with Crippen LogP contribution in [-0.2, 0) is 0 Å². The third kappa shape index (κ3) is 5.61. The number of hydrogen-bond acceptors (Lipinski definition) is 3. The molecule has 0 radical (unpaired) electrons. The highest BCUT2D eigenvalue weighted by atomic mass is 14.9. The summed E-state index contributed by atoms with van der Waals surface area (Å²) in [5.74, 6) is 0.714. The summed E-state index contributed by atoms with van der Waals surface area (Å²) in [6, 6.07) is 65.7. The number of benzene rings is 7. The van der Waals surface area contributed by atoms with Crippen molar-refractivity contribution in [3.8, 4) is 67.4 Å². The van der Waals surface area contributed by atoms with Gasteiger partial charge in [-0.05, 0) is 57.3 Å². The van der Waals surface area contributed by atoms with E-state index in [0.717, 1.165) is 61.5 Å². The quantitative estimate of drug-likeness (QED) is 0.170. The van der Waals surface area contributed by atoms with Crippen LogP contribution in [0.2, 0.25) is 0 Å². The van der Waals surface area contributed by atoms with Gasteiger partial charge in [0.05, 0.1) is 22.6 Å². The summed E-state index contributed by atoms with van der Waals surface area (Å²) < 4.78 is 0. The Morgan fingerprint density at radius 2 is 0.820 bits per heavy atom. The van der Waals surface area contributed by atoms with Gasteiger partial charge in [0.25, 0.3) is 0 Å². The number of rotatable bonds is 6. The monoisotopic (exact) mass is 637 g/mol. The van der Waals surface area contributed by atoms with Crippen molar-refractivity contribution < 1.29 is 0 Å². The number of pyridine rings is 1. The zero-order valence-electron chi connectivity index (χ0n) is 27.2. The van der Waals surface area contributed by atoms with Crippen LogP contribution >= 0.6 is 0 Å². The second-order valence-corrected chi connectivity index (χ2v) is 12.5. The van der Waals surface area contributed by atoms with Gasteiger partial charge < -0.3 is 0 Å². The van der Waals surface area contributed by atoms with Crippen molar-refractivity contribution in [1.29, 1.82) is 0 Å². The van der Waals surface area contributed by atoms with Crippen LogP contribution in [-0.4, -0.2) is 15.0 Å². The average Bonchev–Trinajstić information content (AvgIpc) is 3.21. The molecule has 9 rings (SSSR count). The van der Waals surface area contributed by atoms with Gasteiger partial charge in [-0.2, -0.15) is 0 Å². The Bertz CT molecular complexity index is 2560. The van der Waals surface area contributed by atoms with Crippen LogP contribution in [0, 0.1) is 0 Å². The maximum atomic E-state index is 5.14. The number of aromatic nitrogens is 3. The van der Waals surface area contributed by atoms with E-state index in [2.05, 4.69) is 146 Å². The minimum Gasteiger partial charge on any atom is -0.248 e. The number of hydrogen-bond donors (Lipinski definition) is 0. The zero-order chi connectivity index (χ0) is 33.3. The van der Waals surface area contributed by atoms with Crippen molar-refractivity contribution in [2.24, 2.45) is 0 Å². The Morgan fingerprint density at radius 1 is 0.300 bits per heavy atom. The van der Waals surface area contributed by atoms with Gasteiger partial charge in [0, 0.05) is 27.6 Å². The molecule has 0 saturated heterocycles. The van der Waals surface area contributed by atoms with E-state index >= 15 is 0 Å². The van der Waals surface area contributed by atoms with Crippen molar-refractivity contribution in [1.82, 2.24) is 15.0 Å². The second kappa shape index (κ2) is 12.7. The molecule has 0 amide bonds. The Balaban J connectivity index is 1.13. The molecule has 50 heavy (non-hydrogen) atoms. The van der Waals surface area contributed by atoms with E-state index in [-0.39, 0.29) is 0 Å². The Kier molecular flexibility index (Phi) is 7.49. The van der Waals surface area contributed by atoms with Gasteiger partial charge in [0.1, 0.15) is 0 Å². The number of fused-ring (bicyclic) bond motifs is 3. The van der Waals surface area contributed by atoms with Crippen molar-refractivity contribution in [3.05, 3.63) is 188 Å². The molecule has 3 nitrogen and oxygen atoms in total. The molecule has 9 aromatic rings. The van der Waals surface area contributed by atoms with Gasteiger partial charge in [-0.25, -0.2) is 15.0 Å². The smallest absolute Gasteiger partial charge is 0.160 e. The normalized spacial score (nSPS) is 11.2. The van der Waals surface area contributed by atoms with E-state index in [9.17, 15) is 0 Å². The van der Waals surface area contributed by atoms with Gasteiger partial charge in [-0.1, -0.05) is 164 Å². The maximum Gasteiger partial charge on any atom is 0.160 e. The predicted octanol–water partition coefficient (Wildman–Crippen LogP) is 12.2. The fourth-order valence-corrected chi connectivity index (χ4v) is 6.76. The molecular formula is C47H31N3. The summed E-state index contributed by atoms with van der Waals surface area (Å²) in [6.07, 6.45) is 0. The average molecular weight is 638 g/mol. The van der Waals surface area contributed by atoms with E-state index in [0.29, 0.717) is 5.82 Å². The molecule has 3 heteroatoms. The molecule has 0 saturated carbocycles. The van der Waals surface area contributed by atoms with E-state index in [1.807, 2.05) is 42.5 Å². The molecule has 0 aliphatic carbocycles. The number of nitrogens with zero attached hydrogens (tertiary/aromatic N) is 3. The first-order chi connectivity index (χ1) is 24.8. The third-order valence-electron chi connectivity index (χ3n) is 9.28. The van der Waals surface area contributed by atoms with Gasteiger partial charge in [-0.3, -0.25) is 0 Å². The molecule has 0 N–H and O–H groups in total. The fourth-order valence-electron chi connectivity index (χ4n) is 6.76. The lowest BCUT2D eigenvalue weighted by atomic mass is 9.92. The largest absolute Gasteiger partial charge is 0.248 e. The lowest BCUT2D eigenvalue weighted by Crippen LogP contribution is -1.95. The first-order valence-electron chi connectivity index (χ1n) is 16.9. The van der Waals surface area contributed by atoms with Crippen LogP contribution < -0.4 is 0 Å². The van der Waals surface area contributed by atoms with Crippen molar-refractivity contribution in [3.63, 3.8) is 0 Å². The van der Waals surface area contributed by atoms with Crippen LogP contribution in [0.25, 0.3) is 89.1 Å². The van der Waals surface area contributed by atoms with E-state index in [1.54, 1.807) is 0 Å². The summed E-state index contributed by atoms with van der Waals surface area (Å²) in [4.78, 5) is 15.1. The molecule has 7 aromatic carbocycles. The molecule has 0 aliphatic rings. The lowest BCUT2D eigenvalue weighted by molar-refractivity contribution is 1.18. The van der Waals surface area contributed by atoms with Gasteiger partial charge in [0.15, 0.2) is 5.82 Å². The van der Waals surface area contributed by atoms with Crippen LogP contribution in [0.3, 0.4) is 0 Å². The van der Waals surface area contributed by atoms with Crippen LogP contribution in [0.4, 0.5) is 0 Å². The molecule has 0 atom stereocenters. The minimum absolute atomic E-state index is 0.714. The van der Waals surface area contributed by atoms with Crippen molar-refractivity contribution in [2.75, 3.05) is 0 Å². The summed E-state index contributed by atoms with van der Waals surface area (Å²) in [6.45, 7) is 0. The van der Waals surface area contributed by atoms with Gasteiger partial charge in [-0.15, -0.1) is 0 Å². The molecule has 0 unspecified atom stereocenters. The molecule has 0 fully saturated rings.